The Morgan fingerprint density at radius 3 is 2.68 bits per heavy atom. The van der Waals surface area contributed by atoms with E-state index in [9.17, 15) is 9.59 Å². The van der Waals surface area contributed by atoms with E-state index in [1.807, 2.05) is 56.3 Å². The fraction of sp³-hybridized carbons (Fsp3) is 0.286. The summed E-state index contributed by atoms with van der Waals surface area (Å²) in [5, 5.41) is 0.511. The number of nitrogens with zero attached hydrogens (tertiary/aromatic N) is 1. The molecule has 0 saturated carbocycles. The van der Waals surface area contributed by atoms with Gasteiger partial charge >= 0.3 is 0 Å². The predicted molar refractivity (Wildman–Crippen MR) is 129 cm³/mol. The fourth-order valence-corrected chi connectivity index (χ4v) is 4.70. The third kappa shape index (κ3) is 3.79. The average Bonchev–Trinajstić information content (AvgIpc) is 3.41. The fourth-order valence-electron chi connectivity index (χ4n) is 4.70. The van der Waals surface area contributed by atoms with E-state index in [0.717, 1.165) is 29.5 Å². The summed E-state index contributed by atoms with van der Waals surface area (Å²) in [5.74, 6) is 1.11. The van der Waals surface area contributed by atoms with Gasteiger partial charge in [-0.1, -0.05) is 31.5 Å². The highest BCUT2D eigenvalue weighted by Gasteiger charge is 2.43. The van der Waals surface area contributed by atoms with E-state index in [4.69, 9.17) is 13.6 Å². The van der Waals surface area contributed by atoms with Crippen LogP contribution < -0.4 is 10.2 Å². The van der Waals surface area contributed by atoms with E-state index in [1.165, 1.54) is 0 Å². The van der Waals surface area contributed by atoms with Crippen LogP contribution in [0.4, 0.5) is 0 Å². The Morgan fingerprint density at radius 1 is 1.06 bits per heavy atom. The molecule has 0 fully saturated rings. The number of ether oxygens (including phenoxy) is 1. The lowest BCUT2D eigenvalue weighted by Crippen LogP contribution is -2.29. The summed E-state index contributed by atoms with van der Waals surface area (Å²) >= 11 is 0. The average molecular weight is 458 g/mol. The van der Waals surface area contributed by atoms with Crippen LogP contribution in [0.3, 0.4) is 0 Å². The lowest BCUT2D eigenvalue weighted by atomic mass is 9.96. The van der Waals surface area contributed by atoms with Crippen molar-refractivity contribution >= 4 is 16.9 Å². The van der Waals surface area contributed by atoms with E-state index >= 15 is 0 Å². The smallest absolute Gasteiger partial charge is 0.291 e. The highest BCUT2D eigenvalue weighted by molar-refractivity contribution is 5.99. The summed E-state index contributed by atoms with van der Waals surface area (Å²) in [6.07, 6.45) is 3.56. The number of hydrogen-bond acceptors (Lipinski definition) is 5. The maximum absolute atomic E-state index is 13.8. The van der Waals surface area contributed by atoms with Gasteiger partial charge in [0, 0.05) is 0 Å². The molecule has 0 spiro atoms. The third-order valence-corrected chi connectivity index (χ3v) is 6.26. The highest BCUT2D eigenvalue weighted by atomic mass is 16.5. The third-order valence-electron chi connectivity index (χ3n) is 6.26. The largest absolute Gasteiger partial charge is 0.494 e. The molecule has 1 unspecified atom stereocenters. The molecule has 2 aromatic heterocycles. The maximum atomic E-state index is 13.8. The predicted octanol–water partition coefficient (Wildman–Crippen LogP) is 5.93. The van der Waals surface area contributed by atoms with Gasteiger partial charge in [0.1, 0.15) is 17.1 Å². The number of furan rings is 1. The summed E-state index contributed by atoms with van der Waals surface area (Å²) in [5.41, 5.74) is 3.22. The second-order valence-corrected chi connectivity index (χ2v) is 8.82. The molecule has 0 radical (unpaired) electrons. The Bertz CT molecular complexity index is 1420. The molecular formula is C28H27NO5. The first kappa shape index (κ1) is 22.0. The summed E-state index contributed by atoms with van der Waals surface area (Å²) in [6.45, 7) is 6.78. The molecule has 6 nitrogen and oxygen atoms in total. The van der Waals surface area contributed by atoms with Crippen molar-refractivity contribution in [2.24, 2.45) is 0 Å². The first-order valence-electron chi connectivity index (χ1n) is 11.6. The number of aryl methyl sites for hydroxylation is 2. The number of carbonyl (C=O) groups excluding carboxylic acids is 1. The van der Waals surface area contributed by atoms with Crippen LogP contribution in [0, 0.1) is 13.8 Å². The van der Waals surface area contributed by atoms with E-state index in [1.54, 1.807) is 17.2 Å². The van der Waals surface area contributed by atoms with E-state index in [0.29, 0.717) is 34.6 Å². The van der Waals surface area contributed by atoms with Gasteiger partial charge in [-0.25, -0.2) is 0 Å². The molecule has 3 heterocycles. The lowest BCUT2D eigenvalue weighted by Gasteiger charge is -2.24. The number of carbonyl (C=O) groups is 1. The van der Waals surface area contributed by atoms with E-state index in [2.05, 4.69) is 6.92 Å². The Morgan fingerprint density at radius 2 is 1.91 bits per heavy atom. The van der Waals surface area contributed by atoms with Crippen LogP contribution >= 0.6 is 0 Å². The summed E-state index contributed by atoms with van der Waals surface area (Å²) in [7, 11) is 0. The summed E-state index contributed by atoms with van der Waals surface area (Å²) < 4.78 is 17.6. The standard InChI is InChI=1S/C28H27NO5/c1-4-5-11-32-20-9-6-8-19(15-20)25-24-26(30)23-18(3)13-17(2)14-22(23)34-27(24)28(31)29(25)16-21-10-7-12-33-21/h6-10,12-15,25H,4-5,11,16H2,1-3H3. The van der Waals surface area contributed by atoms with E-state index in [-0.39, 0.29) is 23.6 Å². The van der Waals surface area contributed by atoms with Gasteiger partial charge in [-0.2, -0.15) is 0 Å². The van der Waals surface area contributed by atoms with Gasteiger partial charge in [-0.3, -0.25) is 9.59 Å². The first-order chi connectivity index (χ1) is 16.5. The Labute approximate surface area is 197 Å². The molecule has 34 heavy (non-hydrogen) atoms. The van der Waals surface area contributed by atoms with Gasteiger partial charge in [0.15, 0.2) is 5.43 Å². The van der Waals surface area contributed by atoms with Crippen LogP contribution in [0.15, 0.2) is 68.4 Å². The van der Waals surface area contributed by atoms with Crippen molar-refractivity contribution < 1.29 is 18.4 Å². The monoisotopic (exact) mass is 457 g/mol. The maximum Gasteiger partial charge on any atom is 0.291 e. The molecule has 1 amide bonds. The molecule has 0 saturated heterocycles. The van der Waals surface area contributed by atoms with Gasteiger partial charge in [-0.05, 0) is 67.3 Å². The van der Waals surface area contributed by atoms with Crippen molar-refractivity contribution in [2.75, 3.05) is 6.61 Å². The Hall–Kier alpha value is -3.80. The SMILES string of the molecule is CCCCOc1cccc(C2c3c(oc4cc(C)cc(C)c4c3=O)C(=O)N2Cc2ccco2)c1. The van der Waals surface area contributed by atoms with Gasteiger partial charge in [0.05, 0.1) is 36.4 Å². The zero-order chi connectivity index (χ0) is 23.8. The lowest BCUT2D eigenvalue weighted by molar-refractivity contribution is 0.0701. The van der Waals surface area contributed by atoms with Crippen molar-refractivity contribution in [1.29, 1.82) is 0 Å². The quantitative estimate of drug-likeness (QED) is 0.322. The number of rotatable bonds is 7. The first-order valence-corrected chi connectivity index (χ1v) is 11.6. The van der Waals surface area contributed by atoms with Crippen LogP contribution in [-0.2, 0) is 6.54 Å². The van der Waals surface area contributed by atoms with Crippen LogP contribution in [0.2, 0.25) is 0 Å². The van der Waals surface area contributed by atoms with Crippen molar-refractivity contribution in [3.8, 4) is 5.75 Å². The number of amides is 1. The molecule has 0 aliphatic carbocycles. The molecule has 6 heteroatoms. The molecule has 174 valence electrons. The topological polar surface area (TPSA) is 72.9 Å². The Balaban J connectivity index is 1.68. The Kier molecular flexibility index (Phi) is 5.74. The molecule has 1 aliphatic heterocycles. The van der Waals surface area contributed by atoms with Crippen LogP contribution in [-0.4, -0.2) is 17.4 Å². The molecule has 0 N–H and O–H groups in total. The van der Waals surface area contributed by atoms with Crippen LogP contribution in [0.25, 0.3) is 11.0 Å². The zero-order valence-corrected chi connectivity index (χ0v) is 19.6. The molecule has 2 aromatic carbocycles. The highest BCUT2D eigenvalue weighted by Crippen LogP contribution is 2.40. The van der Waals surface area contributed by atoms with Crippen molar-refractivity contribution in [3.63, 3.8) is 0 Å². The molecule has 1 aliphatic rings. The molecule has 0 bridgehead atoms. The minimum absolute atomic E-state index is 0.0939. The second-order valence-electron chi connectivity index (χ2n) is 8.82. The normalized spacial score (nSPS) is 15.2. The molecule has 5 rings (SSSR count). The van der Waals surface area contributed by atoms with Gasteiger partial charge in [0.2, 0.25) is 5.76 Å². The summed E-state index contributed by atoms with van der Waals surface area (Å²) in [6, 6.07) is 14.4. The molecule has 4 aromatic rings. The number of benzene rings is 2. The zero-order valence-electron chi connectivity index (χ0n) is 19.6. The molecular weight excluding hydrogens is 430 g/mol. The van der Waals surface area contributed by atoms with Crippen molar-refractivity contribution in [2.45, 2.75) is 46.2 Å². The molecule has 1 atom stereocenters. The minimum Gasteiger partial charge on any atom is -0.494 e. The van der Waals surface area contributed by atoms with Crippen LogP contribution in [0.1, 0.15) is 64.4 Å². The summed E-state index contributed by atoms with van der Waals surface area (Å²) in [4.78, 5) is 29.1. The van der Waals surface area contributed by atoms with E-state index < -0.39 is 6.04 Å². The second kappa shape index (κ2) is 8.86. The van der Waals surface area contributed by atoms with Gasteiger partial charge in [0.25, 0.3) is 5.91 Å². The number of hydrogen-bond donors (Lipinski definition) is 0. The number of unbranched alkanes of at least 4 members (excludes halogenated alkanes) is 1. The van der Waals surface area contributed by atoms with Gasteiger partial charge < -0.3 is 18.5 Å². The minimum atomic E-state index is -0.608. The van der Waals surface area contributed by atoms with Crippen molar-refractivity contribution in [1.82, 2.24) is 4.90 Å². The van der Waals surface area contributed by atoms with Gasteiger partial charge in [-0.15, -0.1) is 0 Å². The van der Waals surface area contributed by atoms with Crippen LogP contribution in [0.5, 0.6) is 5.75 Å². The number of fused-ring (bicyclic) bond motifs is 2. The van der Waals surface area contributed by atoms with Crippen molar-refractivity contribution in [3.05, 3.63) is 98.8 Å².